The fourth-order valence-corrected chi connectivity index (χ4v) is 3.83. The lowest BCUT2D eigenvalue weighted by atomic mass is 9.74. The van der Waals surface area contributed by atoms with E-state index in [2.05, 4.69) is 22.9 Å². The minimum absolute atomic E-state index is 0.103. The molecule has 0 aromatic carbocycles. The molecule has 1 aliphatic carbocycles. The number of amides is 1. The van der Waals surface area contributed by atoms with Crippen LogP contribution in [0.3, 0.4) is 0 Å². The van der Waals surface area contributed by atoms with Crippen LogP contribution in [-0.2, 0) is 4.79 Å². The summed E-state index contributed by atoms with van der Waals surface area (Å²) in [6.45, 7) is 2.99. The number of carbonyl (C=O) groups excluding carboxylic acids is 1. The Morgan fingerprint density at radius 1 is 1.50 bits per heavy atom. The summed E-state index contributed by atoms with van der Waals surface area (Å²) in [5.41, 5.74) is 0.889. The summed E-state index contributed by atoms with van der Waals surface area (Å²) in [5, 5.41) is 9.31. The summed E-state index contributed by atoms with van der Waals surface area (Å²) in [4.78, 5) is 21.6. The number of pyridine rings is 1. The van der Waals surface area contributed by atoms with Gasteiger partial charge in [0, 0.05) is 18.0 Å². The second kappa shape index (κ2) is 6.40. The van der Waals surface area contributed by atoms with E-state index >= 15 is 0 Å². The van der Waals surface area contributed by atoms with Gasteiger partial charge >= 0.3 is 0 Å². The van der Waals surface area contributed by atoms with Crippen molar-refractivity contribution < 1.29 is 9.53 Å². The smallest absolute Gasteiger partial charge is 0.243 e. The molecule has 24 heavy (non-hydrogen) atoms. The normalized spacial score (nSPS) is 22.0. The molecule has 0 bridgehead atoms. The quantitative estimate of drug-likeness (QED) is 0.850. The molecule has 1 aliphatic heterocycles. The second-order valence-corrected chi connectivity index (χ2v) is 6.77. The number of carbonyl (C=O) groups is 1. The summed E-state index contributed by atoms with van der Waals surface area (Å²) in [7, 11) is 3.96. The Morgan fingerprint density at radius 3 is 2.79 bits per heavy atom. The molecule has 0 N–H and O–H groups in total. The Hall–Kier alpha value is -2.13. The molecule has 2 heterocycles. The van der Waals surface area contributed by atoms with E-state index in [4.69, 9.17) is 4.74 Å². The van der Waals surface area contributed by atoms with Crippen LogP contribution in [0, 0.1) is 11.3 Å². The highest BCUT2D eigenvalue weighted by molar-refractivity contribution is 5.88. The molecule has 3 rings (SSSR count). The Balaban J connectivity index is 2.00. The van der Waals surface area contributed by atoms with E-state index in [1.165, 1.54) is 6.20 Å². The molecule has 6 nitrogen and oxygen atoms in total. The van der Waals surface area contributed by atoms with Gasteiger partial charge in [-0.15, -0.1) is 0 Å². The van der Waals surface area contributed by atoms with Crippen LogP contribution in [0.25, 0.3) is 0 Å². The molecule has 1 saturated carbocycles. The van der Waals surface area contributed by atoms with Crippen molar-refractivity contribution in [2.45, 2.75) is 44.2 Å². The van der Waals surface area contributed by atoms with E-state index in [-0.39, 0.29) is 11.9 Å². The van der Waals surface area contributed by atoms with E-state index in [1.54, 1.807) is 6.20 Å². The predicted octanol–water partition coefficient (Wildman–Crippen LogP) is 2.11. The molecule has 0 unspecified atom stereocenters. The molecular formula is C18H24N4O2. The minimum atomic E-state index is -0.391. The third kappa shape index (κ3) is 2.44. The second-order valence-electron chi connectivity index (χ2n) is 6.77. The molecule has 1 fully saturated rings. The van der Waals surface area contributed by atoms with Gasteiger partial charge in [-0.3, -0.25) is 14.7 Å². The molecule has 1 aromatic rings. The molecule has 6 heteroatoms. The zero-order chi connectivity index (χ0) is 17.3. The number of likely N-dealkylation sites (N-methyl/N-ethyl adjacent to an activating group) is 1. The first-order chi connectivity index (χ1) is 11.5. The monoisotopic (exact) mass is 328 g/mol. The molecule has 1 atom stereocenters. The zero-order valence-corrected chi connectivity index (χ0v) is 14.6. The van der Waals surface area contributed by atoms with Crippen LogP contribution in [0.2, 0.25) is 0 Å². The summed E-state index contributed by atoms with van der Waals surface area (Å²) >= 11 is 0. The molecule has 1 aromatic heterocycles. The van der Waals surface area contributed by atoms with Gasteiger partial charge in [0.15, 0.2) is 0 Å². The topological polar surface area (TPSA) is 69.5 Å². The average Bonchev–Trinajstić information content (AvgIpc) is 2.71. The van der Waals surface area contributed by atoms with Crippen LogP contribution in [0.15, 0.2) is 12.4 Å². The number of hydrogen-bond acceptors (Lipinski definition) is 5. The number of hydrogen-bond donors (Lipinski definition) is 0. The van der Waals surface area contributed by atoms with Crippen LogP contribution >= 0.6 is 0 Å². The van der Waals surface area contributed by atoms with Gasteiger partial charge < -0.3 is 9.64 Å². The number of rotatable bonds is 3. The minimum Gasteiger partial charge on any atom is -0.490 e. The molecule has 128 valence electrons. The highest BCUT2D eigenvalue weighted by atomic mass is 16.5. The van der Waals surface area contributed by atoms with Crippen molar-refractivity contribution in [1.82, 2.24) is 14.8 Å². The third-order valence-electron chi connectivity index (χ3n) is 5.44. The van der Waals surface area contributed by atoms with E-state index < -0.39 is 5.54 Å². The number of fused-ring (bicyclic) bond motifs is 1. The number of aromatic nitrogens is 1. The number of nitriles is 1. The first-order valence-electron chi connectivity index (χ1n) is 8.54. The molecular weight excluding hydrogens is 304 g/mol. The Morgan fingerprint density at radius 2 is 2.25 bits per heavy atom. The Kier molecular flexibility index (Phi) is 4.46. The molecule has 1 amide bonds. The average molecular weight is 328 g/mol. The zero-order valence-electron chi connectivity index (χ0n) is 14.6. The first-order valence-corrected chi connectivity index (χ1v) is 8.54. The van der Waals surface area contributed by atoms with Crippen LogP contribution in [0.5, 0.6) is 5.75 Å². The maximum Gasteiger partial charge on any atom is 0.243 e. The van der Waals surface area contributed by atoms with Crippen molar-refractivity contribution in [3.8, 4) is 11.8 Å². The summed E-state index contributed by atoms with van der Waals surface area (Å²) in [6, 6.07) is 2.04. The van der Waals surface area contributed by atoms with E-state index in [1.807, 2.05) is 19.0 Å². The Labute approximate surface area is 143 Å². The standard InChI is InChI=1S/C18H24N4O2/c1-4-15-14-12-20-11-13(10-19)16(14)24-9-8-22(15)17(23)18(21(2)3)6-5-7-18/h11-12,15H,4-9H2,1-3H3/t15-/m0/s1. The van der Waals surface area contributed by atoms with Gasteiger partial charge in [0.05, 0.1) is 12.6 Å². The molecule has 0 radical (unpaired) electrons. The third-order valence-corrected chi connectivity index (χ3v) is 5.44. The van der Waals surface area contributed by atoms with E-state index in [0.717, 1.165) is 31.2 Å². The van der Waals surface area contributed by atoms with E-state index in [0.29, 0.717) is 24.5 Å². The molecule has 2 aliphatic rings. The van der Waals surface area contributed by atoms with Crippen molar-refractivity contribution in [2.75, 3.05) is 27.2 Å². The summed E-state index contributed by atoms with van der Waals surface area (Å²) < 4.78 is 5.84. The van der Waals surface area contributed by atoms with Gasteiger partial charge in [-0.1, -0.05) is 6.92 Å². The van der Waals surface area contributed by atoms with E-state index in [9.17, 15) is 10.1 Å². The molecule has 0 saturated heterocycles. The van der Waals surface area contributed by atoms with Gasteiger partial charge in [0.2, 0.25) is 5.91 Å². The highest BCUT2D eigenvalue weighted by Gasteiger charge is 2.49. The largest absolute Gasteiger partial charge is 0.490 e. The maximum absolute atomic E-state index is 13.4. The first kappa shape index (κ1) is 16.7. The predicted molar refractivity (Wildman–Crippen MR) is 89.5 cm³/mol. The number of nitrogens with zero attached hydrogens (tertiary/aromatic N) is 4. The maximum atomic E-state index is 13.4. The fraction of sp³-hybridized carbons (Fsp3) is 0.611. The van der Waals surface area contributed by atoms with Gasteiger partial charge in [0.25, 0.3) is 0 Å². The lowest BCUT2D eigenvalue weighted by Gasteiger charge is -2.49. The fourth-order valence-electron chi connectivity index (χ4n) is 3.83. The highest BCUT2D eigenvalue weighted by Crippen LogP contribution is 2.42. The van der Waals surface area contributed by atoms with Gasteiger partial charge in [-0.25, -0.2) is 0 Å². The summed E-state index contributed by atoms with van der Waals surface area (Å²) in [6.07, 6.45) is 6.91. The van der Waals surface area contributed by atoms with Crippen molar-refractivity contribution in [2.24, 2.45) is 0 Å². The van der Waals surface area contributed by atoms with Crippen LogP contribution in [0.1, 0.15) is 49.8 Å². The van der Waals surface area contributed by atoms with Crippen LogP contribution in [0.4, 0.5) is 0 Å². The SMILES string of the molecule is CC[C@H]1c2cncc(C#N)c2OCCN1C(=O)C1(N(C)C)CCC1. The van der Waals surface area contributed by atoms with Crippen LogP contribution in [-0.4, -0.2) is 53.5 Å². The van der Waals surface area contributed by atoms with Crippen molar-refractivity contribution in [3.63, 3.8) is 0 Å². The van der Waals surface area contributed by atoms with Gasteiger partial charge in [0.1, 0.15) is 29.5 Å². The Bertz CT molecular complexity index is 676. The number of ether oxygens (including phenoxy) is 1. The summed E-state index contributed by atoms with van der Waals surface area (Å²) in [5.74, 6) is 0.756. The van der Waals surface area contributed by atoms with Gasteiger partial charge in [-0.05, 0) is 39.8 Å². The van der Waals surface area contributed by atoms with Crippen molar-refractivity contribution in [3.05, 3.63) is 23.5 Å². The van der Waals surface area contributed by atoms with Crippen molar-refractivity contribution >= 4 is 5.91 Å². The van der Waals surface area contributed by atoms with Gasteiger partial charge in [-0.2, -0.15) is 5.26 Å². The lowest BCUT2D eigenvalue weighted by Crippen LogP contribution is -2.62. The molecule has 0 spiro atoms. The lowest BCUT2D eigenvalue weighted by molar-refractivity contribution is -0.151. The van der Waals surface area contributed by atoms with Crippen molar-refractivity contribution in [1.29, 1.82) is 5.26 Å². The van der Waals surface area contributed by atoms with Crippen LogP contribution < -0.4 is 4.74 Å².